The first-order valence-electron chi connectivity index (χ1n) is 18.3. The Morgan fingerprint density at radius 1 is 0.963 bits per heavy atom. The summed E-state index contributed by atoms with van der Waals surface area (Å²) in [4.78, 5) is 54.8. The van der Waals surface area contributed by atoms with Crippen LogP contribution in [0.15, 0.2) is 54.6 Å². The summed E-state index contributed by atoms with van der Waals surface area (Å²) in [6.07, 6.45) is 3.86. The first-order chi connectivity index (χ1) is 25.5. The van der Waals surface area contributed by atoms with Gasteiger partial charge in [0.25, 0.3) is 5.91 Å². The molecule has 12 heteroatoms. The molecule has 2 atom stereocenters. The summed E-state index contributed by atoms with van der Waals surface area (Å²) in [7, 11) is 4.55. The van der Waals surface area contributed by atoms with Crippen LogP contribution in [-0.4, -0.2) is 75.7 Å². The number of benzene rings is 2. The molecule has 0 spiro atoms. The summed E-state index contributed by atoms with van der Waals surface area (Å²) in [5, 5.41) is 0. The minimum Gasteiger partial charge on any atom is -0.497 e. The summed E-state index contributed by atoms with van der Waals surface area (Å²) in [5.74, 6) is -1.68. The number of hydrogen-bond acceptors (Lipinski definition) is 10. The van der Waals surface area contributed by atoms with Crippen molar-refractivity contribution in [2.45, 2.75) is 85.8 Å². The van der Waals surface area contributed by atoms with Crippen molar-refractivity contribution in [3.63, 3.8) is 0 Å². The van der Waals surface area contributed by atoms with Crippen LogP contribution >= 0.6 is 0 Å². The van der Waals surface area contributed by atoms with Crippen molar-refractivity contribution in [2.75, 3.05) is 41.1 Å². The normalized spacial score (nSPS) is 15.2. The van der Waals surface area contributed by atoms with Gasteiger partial charge < -0.3 is 33.3 Å². The van der Waals surface area contributed by atoms with Crippen molar-refractivity contribution in [1.29, 1.82) is 0 Å². The molecule has 1 amide bonds. The van der Waals surface area contributed by atoms with Crippen molar-refractivity contribution in [2.24, 2.45) is 17.3 Å². The number of ether oxygens (including phenoxy) is 6. The van der Waals surface area contributed by atoms with E-state index in [0.717, 1.165) is 5.57 Å². The molecule has 1 aliphatic rings. The molecule has 1 aliphatic heterocycles. The third kappa shape index (κ3) is 12.1. The first-order valence-corrected chi connectivity index (χ1v) is 18.3. The van der Waals surface area contributed by atoms with Crippen LogP contribution in [0.25, 0.3) is 0 Å². The number of allylic oxidation sites excluding steroid dienone is 1. The molecular formula is C42H56FNO10. The Morgan fingerprint density at radius 3 is 2.31 bits per heavy atom. The largest absolute Gasteiger partial charge is 0.497 e. The van der Waals surface area contributed by atoms with Crippen molar-refractivity contribution in [3.8, 4) is 23.0 Å². The summed E-state index contributed by atoms with van der Waals surface area (Å²) in [5.41, 5.74) is 0.492. The number of piperidine rings is 1. The van der Waals surface area contributed by atoms with E-state index >= 15 is 4.39 Å². The van der Waals surface area contributed by atoms with E-state index in [1.807, 2.05) is 27.7 Å². The van der Waals surface area contributed by atoms with Crippen molar-refractivity contribution in [1.82, 2.24) is 4.90 Å². The number of nitrogens with zero attached hydrogens (tertiary/aromatic N) is 1. The molecule has 2 aromatic rings. The predicted molar refractivity (Wildman–Crippen MR) is 202 cm³/mol. The summed E-state index contributed by atoms with van der Waals surface area (Å²) in [6.45, 7) is 14.8. The molecule has 0 unspecified atom stereocenters. The number of methoxy groups -OCH3 is 3. The molecule has 1 heterocycles. The van der Waals surface area contributed by atoms with E-state index in [2.05, 4.69) is 6.58 Å². The second kappa shape index (κ2) is 20.0. The topological polar surface area (TPSA) is 127 Å². The molecular weight excluding hydrogens is 697 g/mol. The third-order valence-electron chi connectivity index (χ3n) is 9.24. The second-order valence-electron chi connectivity index (χ2n) is 14.7. The van der Waals surface area contributed by atoms with Gasteiger partial charge >= 0.3 is 11.9 Å². The number of likely N-dealkylation sites (tertiary alicyclic amines) is 1. The SMILES string of the molecule is C=C(COc1cc(F)cc([C@@H](CCc2cc(OC)cc(OC)c2OC)OC(=O)[C@@H]2CCCCN2C(=O)C(=O)C(C)(C)COC(=O)/C=C\C(C)C)c1)C(C)C. The van der Waals surface area contributed by atoms with E-state index in [-0.39, 0.29) is 56.6 Å². The fraction of sp³-hybridized carbons (Fsp3) is 0.524. The van der Waals surface area contributed by atoms with Gasteiger partial charge in [0.05, 0.1) is 26.7 Å². The molecule has 0 aliphatic carbocycles. The quantitative estimate of drug-likeness (QED) is 0.0620. The smallest absolute Gasteiger partial charge is 0.330 e. The van der Waals surface area contributed by atoms with Gasteiger partial charge in [-0.3, -0.25) is 9.59 Å². The van der Waals surface area contributed by atoms with E-state index in [1.165, 1.54) is 58.3 Å². The molecule has 54 heavy (non-hydrogen) atoms. The van der Waals surface area contributed by atoms with Gasteiger partial charge in [-0.05, 0) is 87.1 Å². The Labute approximate surface area is 318 Å². The standard InChI is InChI=1S/C42H56FNO10/c1-26(2)14-17-37(45)53-25-42(6,7)39(46)40(47)44-18-12-11-13-34(44)41(48)54-35(16-15-29-20-32(49-8)23-36(50-9)38(29)51-10)30-19-31(43)22-33(21-30)52-24-28(5)27(3)4/h14,17,19-23,26-27,34-35H,5,11-13,15-16,18,24-25H2,1-4,6-10H3/b17-14-/t34-,35+/m0/s1. The molecule has 11 nitrogen and oxygen atoms in total. The van der Waals surface area contributed by atoms with Crippen LogP contribution in [0.5, 0.6) is 23.0 Å². The van der Waals surface area contributed by atoms with Gasteiger partial charge in [0.2, 0.25) is 5.78 Å². The monoisotopic (exact) mass is 753 g/mol. The summed E-state index contributed by atoms with van der Waals surface area (Å²) < 4.78 is 49.1. The minimum atomic E-state index is -1.36. The van der Waals surface area contributed by atoms with Crippen LogP contribution in [-0.2, 0) is 35.1 Å². The number of carbonyl (C=O) groups excluding carboxylic acids is 4. The van der Waals surface area contributed by atoms with Crippen LogP contribution < -0.4 is 18.9 Å². The second-order valence-corrected chi connectivity index (χ2v) is 14.7. The number of esters is 2. The van der Waals surface area contributed by atoms with Crippen LogP contribution in [0.2, 0.25) is 0 Å². The third-order valence-corrected chi connectivity index (χ3v) is 9.24. The Balaban J connectivity index is 1.93. The Hall–Kier alpha value is -4.87. The molecule has 296 valence electrons. The van der Waals surface area contributed by atoms with Crippen molar-refractivity contribution >= 4 is 23.6 Å². The van der Waals surface area contributed by atoms with Crippen molar-refractivity contribution < 1.29 is 52.0 Å². The van der Waals surface area contributed by atoms with Gasteiger partial charge in [0.15, 0.2) is 11.5 Å². The molecule has 0 aromatic heterocycles. The van der Waals surface area contributed by atoms with Gasteiger partial charge in [0.1, 0.15) is 42.7 Å². The number of hydrogen-bond donors (Lipinski definition) is 0. The Morgan fingerprint density at radius 2 is 1.69 bits per heavy atom. The van der Waals surface area contributed by atoms with Gasteiger partial charge in [0, 0.05) is 30.3 Å². The van der Waals surface area contributed by atoms with Crippen LogP contribution in [0.3, 0.4) is 0 Å². The van der Waals surface area contributed by atoms with Gasteiger partial charge in [-0.2, -0.15) is 0 Å². The number of rotatable bonds is 19. The molecule has 0 N–H and O–H groups in total. The summed E-state index contributed by atoms with van der Waals surface area (Å²) >= 11 is 0. The molecule has 1 fully saturated rings. The van der Waals surface area contributed by atoms with E-state index in [4.69, 9.17) is 28.4 Å². The zero-order valence-corrected chi connectivity index (χ0v) is 33.1. The lowest BCUT2D eigenvalue weighted by Gasteiger charge is -2.36. The maximum Gasteiger partial charge on any atom is 0.330 e. The van der Waals surface area contributed by atoms with E-state index in [1.54, 1.807) is 24.3 Å². The van der Waals surface area contributed by atoms with Crippen LogP contribution in [0, 0.1) is 23.1 Å². The molecule has 0 saturated carbocycles. The summed E-state index contributed by atoms with van der Waals surface area (Å²) in [6, 6.07) is 6.54. The van der Waals surface area contributed by atoms with E-state index < -0.39 is 47.0 Å². The van der Waals surface area contributed by atoms with Gasteiger partial charge in [-0.1, -0.05) is 40.3 Å². The minimum absolute atomic E-state index is 0.129. The fourth-order valence-corrected chi connectivity index (χ4v) is 5.79. The number of amides is 1. The lowest BCUT2D eigenvalue weighted by atomic mass is 9.87. The molecule has 0 bridgehead atoms. The zero-order valence-electron chi connectivity index (χ0n) is 33.1. The number of Topliss-reactive ketones (excluding diaryl/α,β-unsaturated/α-hetero) is 1. The lowest BCUT2D eigenvalue weighted by Crippen LogP contribution is -2.53. The number of carbonyl (C=O) groups is 4. The number of aryl methyl sites for hydroxylation is 1. The maximum absolute atomic E-state index is 15.2. The number of halogens is 1. The highest BCUT2D eigenvalue weighted by Crippen LogP contribution is 2.38. The first kappa shape index (κ1) is 43.5. The predicted octanol–water partition coefficient (Wildman–Crippen LogP) is 7.39. The number of ketones is 1. The lowest BCUT2D eigenvalue weighted by molar-refractivity contribution is -0.165. The van der Waals surface area contributed by atoms with Gasteiger partial charge in [-0.15, -0.1) is 0 Å². The highest BCUT2D eigenvalue weighted by Gasteiger charge is 2.42. The van der Waals surface area contributed by atoms with Crippen LogP contribution in [0.1, 0.15) is 84.5 Å². The highest BCUT2D eigenvalue weighted by molar-refractivity contribution is 6.38. The molecule has 0 radical (unpaired) electrons. The molecule has 3 rings (SSSR count). The Kier molecular flexibility index (Phi) is 16.1. The molecule has 2 aromatic carbocycles. The Bertz CT molecular complexity index is 1680. The fourth-order valence-electron chi connectivity index (χ4n) is 5.79. The highest BCUT2D eigenvalue weighted by atomic mass is 19.1. The zero-order chi connectivity index (χ0) is 40.2. The average molecular weight is 754 g/mol. The van der Waals surface area contributed by atoms with E-state index in [9.17, 15) is 19.2 Å². The maximum atomic E-state index is 15.2. The van der Waals surface area contributed by atoms with Crippen molar-refractivity contribution in [3.05, 3.63) is 71.6 Å². The average Bonchev–Trinajstić information content (AvgIpc) is 3.15. The molecule has 1 saturated heterocycles. The van der Waals surface area contributed by atoms with E-state index in [0.29, 0.717) is 41.2 Å². The van der Waals surface area contributed by atoms with Gasteiger partial charge in [-0.25, -0.2) is 14.0 Å². The van der Waals surface area contributed by atoms with Crippen LogP contribution in [0.4, 0.5) is 4.39 Å².